The zero-order valence-corrected chi connectivity index (χ0v) is 12.4. The van der Waals surface area contributed by atoms with E-state index in [-0.39, 0.29) is 0 Å². The number of nitrogens with zero attached hydrogens (tertiary/aromatic N) is 1. The molecule has 19 heavy (non-hydrogen) atoms. The smallest absolute Gasteiger partial charge is 0.0475 e. The van der Waals surface area contributed by atoms with Crippen LogP contribution in [-0.2, 0) is 6.42 Å². The minimum absolute atomic E-state index is 0.393. The van der Waals surface area contributed by atoms with E-state index in [1.807, 2.05) is 0 Å². The maximum absolute atomic E-state index is 6.13. The summed E-state index contributed by atoms with van der Waals surface area (Å²) in [4.78, 5) is 2.64. The minimum Gasteiger partial charge on any atom is -0.329 e. The van der Waals surface area contributed by atoms with E-state index in [0.717, 1.165) is 13.0 Å². The van der Waals surface area contributed by atoms with Gasteiger partial charge in [0.05, 0.1) is 0 Å². The number of nitrogens with two attached hydrogens (primary N) is 1. The van der Waals surface area contributed by atoms with Crippen LogP contribution in [0.5, 0.6) is 0 Å². The second kappa shape index (κ2) is 7.06. The number of hydrogen-bond acceptors (Lipinski definition) is 2. The van der Waals surface area contributed by atoms with Crippen LogP contribution in [0.25, 0.3) is 0 Å². The lowest BCUT2D eigenvalue weighted by Crippen LogP contribution is -2.40. The van der Waals surface area contributed by atoms with Crippen molar-refractivity contribution in [3.8, 4) is 0 Å². The van der Waals surface area contributed by atoms with Gasteiger partial charge >= 0.3 is 0 Å². The molecule has 106 valence electrons. The quantitative estimate of drug-likeness (QED) is 0.897. The summed E-state index contributed by atoms with van der Waals surface area (Å²) in [6, 6.07) is 9.86. The predicted octanol–water partition coefficient (Wildman–Crippen LogP) is 3.51. The SMILES string of the molecule is CCc1ccccc1C(CN)N1CCCCCC1C. The maximum Gasteiger partial charge on any atom is 0.0475 e. The van der Waals surface area contributed by atoms with Gasteiger partial charge in [-0.05, 0) is 43.9 Å². The number of benzene rings is 1. The van der Waals surface area contributed by atoms with Crippen molar-refractivity contribution >= 4 is 0 Å². The molecule has 0 amide bonds. The molecule has 1 aliphatic rings. The van der Waals surface area contributed by atoms with Crippen molar-refractivity contribution in [1.29, 1.82) is 0 Å². The van der Waals surface area contributed by atoms with E-state index in [4.69, 9.17) is 5.73 Å². The van der Waals surface area contributed by atoms with Crippen LogP contribution in [0, 0.1) is 0 Å². The van der Waals surface area contributed by atoms with Gasteiger partial charge in [-0.15, -0.1) is 0 Å². The summed E-state index contributed by atoms with van der Waals surface area (Å²) in [6.45, 7) is 6.52. The fourth-order valence-corrected chi connectivity index (χ4v) is 3.38. The lowest BCUT2D eigenvalue weighted by molar-refractivity contribution is 0.150. The Bertz CT molecular complexity index is 389. The number of rotatable bonds is 4. The molecule has 1 fully saturated rings. The third-order valence-electron chi connectivity index (χ3n) is 4.52. The number of aryl methyl sites for hydroxylation is 1. The Morgan fingerprint density at radius 2 is 2.05 bits per heavy atom. The summed E-state index contributed by atoms with van der Waals surface area (Å²) in [7, 11) is 0. The Morgan fingerprint density at radius 3 is 2.79 bits per heavy atom. The fraction of sp³-hybridized carbons (Fsp3) is 0.647. The summed E-state index contributed by atoms with van der Waals surface area (Å²) < 4.78 is 0. The van der Waals surface area contributed by atoms with Crippen molar-refractivity contribution in [2.75, 3.05) is 13.1 Å². The monoisotopic (exact) mass is 260 g/mol. The van der Waals surface area contributed by atoms with Gasteiger partial charge in [0, 0.05) is 18.6 Å². The van der Waals surface area contributed by atoms with Crippen LogP contribution in [0.4, 0.5) is 0 Å². The lowest BCUT2D eigenvalue weighted by Gasteiger charge is -2.36. The van der Waals surface area contributed by atoms with Crippen LogP contribution in [0.15, 0.2) is 24.3 Å². The van der Waals surface area contributed by atoms with Gasteiger partial charge in [-0.2, -0.15) is 0 Å². The molecule has 0 saturated carbocycles. The van der Waals surface area contributed by atoms with Gasteiger partial charge in [0.25, 0.3) is 0 Å². The first-order valence-electron chi connectivity index (χ1n) is 7.81. The van der Waals surface area contributed by atoms with Crippen LogP contribution in [0.3, 0.4) is 0 Å². The summed E-state index contributed by atoms with van der Waals surface area (Å²) in [6.07, 6.45) is 6.45. The van der Waals surface area contributed by atoms with E-state index in [2.05, 4.69) is 43.0 Å². The largest absolute Gasteiger partial charge is 0.329 e. The third-order valence-corrected chi connectivity index (χ3v) is 4.52. The molecule has 0 spiro atoms. The van der Waals surface area contributed by atoms with E-state index in [9.17, 15) is 0 Å². The second-order valence-electron chi connectivity index (χ2n) is 5.74. The molecule has 1 aromatic carbocycles. The Balaban J connectivity index is 2.27. The average Bonchev–Trinajstić information content (AvgIpc) is 2.66. The predicted molar refractivity (Wildman–Crippen MR) is 82.3 cm³/mol. The van der Waals surface area contributed by atoms with Crippen molar-refractivity contribution in [3.63, 3.8) is 0 Å². The molecular weight excluding hydrogens is 232 g/mol. The van der Waals surface area contributed by atoms with E-state index in [1.165, 1.54) is 43.4 Å². The average molecular weight is 260 g/mol. The molecule has 1 aromatic rings. The molecule has 2 unspecified atom stereocenters. The first-order valence-corrected chi connectivity index (χ1v) is 7.81. The molecular formula is C17H28N2. The first kappa shape index (κ1) is 14.5. The molecule has 0 aromatic heterocycles. The standard InChI is InChI=1S/C17H28N2/c1-3-15-10-6-7-11-16(15)17(13-18)19-12-8-4-5-9-14(19)2/h6-7,10-11,14,17H,3-5,8-9,12-13,18H2,1-2H3. The van der Waals surface area contributed by atoms with Crippen molar-refractivity contribution in [2.45, 2.75) is 58.0 Å². The van der Waals surface area contributed by atoms with Crippen LogP contribution in [0.1, 0.15) is 56.7 Å². The number of hydrogen-bond donors (Lipinski definition) is 1. The molecule has 2 rings (SSSR count). The molecule has 2 heteroatoms. The molecule has 0 bridgehead atoms. The van der Waals surface area contributed by atoms with Crippen LogP contribution < -0.4 is 5.73 Å². The highest BCUT2D eigenvalue weighted by Crippen LogP contribution is 2.29. The summed E-state index contributed by atoms with van der Waals surface area (Å²) in [5, 5.41) is 0. The Hall–Kier alpha value is -0.860. The summed E-state index contributed by atoms with van der Waals surface area (Å²) >= 11 is 0. The zero-order chi connectivity index (χ0) is 13.7. The number of likely N-dealkylation sites (tertiary alicyclic amines) is 1. The van der Waals surface area contributed by atoms with E-state index in [0.29, 0.717) is 12.1 Å². The Labute approximate surface area is 118 Å². The van der Waals surface area contributed by atoms with Crippen LogP contribution in [-0.4, -0.2) is 24.0 Å². The molecule has 2 nitrogen and oxygen atoms in total. The Morgan fingerprint density at radius 1 is 1.26 bits per heavy atom. The molecule has 0 aliphatic carbocycles. The first-order chi connectivity index (χ1) is 9.27. The van der Waals surface area contributed by atoms with Crippen molar-refractivity contribution in [3.05, 3.63) is 35.4 Å². The van der Waals surface area contributed by atoms with E-state index in [1.54, 1.807) is 0 Å². The van der Waals surface area contributed by atoms with E-state index >= 15 is 0 Å². The van der Waals surface area contributed by atoms with Gasteiger partial charge in [-0.25, -0.2) is 0 Å². The minimum atomic E-state index is 0.393. The molecule has 0 radical (unpaired) electrons. The van der Waals surface area contributed by atoms with E-state index < -0.39 is 0 Å². The third kappa shape index (κ3) is 3.37. The normalized spacial score (nSPS) is 23.0. The second-order valence-corrected chi connectivity index (χ2v) is 5.74. The van der Waals surface area contributed by atoms with Gasteiger partial charge < -0.3 is 5.73 Å². The zero-order valence-electron chi connectivity index (χ0n) is 12.4. The van der Waals surface area contributed by atoms with Gasteiger partial charge in [0.15, 0.2) is 0 Å². The van der Waals surface area contributed by atoms with Crippen molar-refractivity contribution in [1.82, 2.24) is 4.90 Å². The Kier molecular flexibility index (Phi) is 5.41. The topological polar surface area (TPSA) is 29.3 Å². The summed E-state index contributed by atoms with van der Waals surface area (Å²) in [5.41, 5.74) is 9.03. The molecule has 1 heterocycles. The highest BCUT2D eigenvalue weighted by molar-refractivity contribution is 5.30. The molecule has 2 atom stereocenters. The van der Waals surface area contributed by atoms with Crippen LogP contribution in [0.2, 0.25) is 0 Å². The van der Waals surface area contributed by atoms with Crippen LogP contribution >= 0.6 is 0 Å². The van der Waals surface area contributed by atoms with Gasteiger partial charge in [-0.3, -0.25) is 4.90 Å². The molecule has 2 N–H and O–H groups in total. The fourth-order valence-electron chi connectivity index (χ4n) is 3.38. The highest BCUT2D eigenvalue weighted by atomic mass is 15.2. The van der Waals surface area contributed by atoms with Crippen molar-refractivity contribution in [2.24, 2.45) is 5.73 Å². The lowest BCUT2D eigenvalue weighted by atomic mass is 9.96. The van der Waals surface area contributed by atoms with Gasteiger partial charge in [0.2, 0.25) is 0 Å². The van der Waals surface area contributed by atoms with Gasteiger partial charge in [0.1, 0.15) is 0 Å². The van der Waals surface area contributed by atoms with Crippen molar-refractivity contribution < 1.29 is 0 Å². The highest BCUT2D eigenvalue weighted by Gasteiger charge is 2.26. The maximum atomic E-state index is 6.13. The van der Waals surface area contributed by atoms with Gasteiger partial charge in [-0.1, -0.05) is 44.0 Å². The molecule has 1 saturated heterocycles. The summed E-state index contributed by atoms with van der Waals surface area (Å²) in [5.74, 6) is 0. The molecule has 1 aliphatic heterocycles.